The Hall–Kier alpha value is 1.24. The van der Waals surface area contributed by atoms with Gasteiger partial charge in [-0.1, -0.05) is 0 Å². The average molecular weight is 165 g/mol. The van der Waals surface area contributed by atoms with Crippen molar-refractivity contribution < 1.29 is 72.1 Å². The Balaban J connectivity index is -0.0000000286. The predicted molar refractivity (Wildman–Crippen MR) is 22.0 cm³/mol. The van der Waals surface area contributed by atoms with E-state index in [2.05, 4.69) is 6.57 Å². The molecule has 8 heavy (non-hydrogen) atoms. The van der Waals surface area contributed by atoms with Crippen LogP contribution in [0.1, 0.15) is 1.43 Å². The fraction of sp³-hybridized carbons (Fsp3) is 0. The van der Waals surface area contributed by atoms with Crippen LogP contribution < -0.4 is 51.4 Å². The van der Waals surface area contributed by atoms with Crippen LogP contribution in [0.5, 0.6) is 0 Å². The Kier molecular flexibility index (Phi) is 16.6. The van der Waals surface area contributed by atoms with Crippen molar-refractivity contribution in [1.82, 2.24) is 0 Å². The van der Waals surface area contributed by atoms with Crippen molar-refractivity contribution >= 4 is 7.82 Å². The van der Waals surface area contributed by atoms with E-state index in [0.29, 0.717) is 0 Å². The normalized spacial score (nSPS) is 7.62. The van der Waals surface area contributed by atoms with E-state index in [0.717, 1.165) is 0 Å². The molecule has 0 unspecified atom stereocenters. The minimum atomic E-state index is -4.64. The summed E-state index contributed by atoms with van der Waals surface area (Å²) in [5.74, 6) is 0. The summed E-state index contributed by atoms with van der Waals surface area (Å²) in [5.41, 5.74) is 0. The van der Waals surface area contributed by atoms with Gasteiger partial charge in [-0.15, -0.1) is 0 Å². The van der Waals surface area contributed by atoms with Crippen LogP contribution in [-0.4, -0.2) is 14.7 Å². The molecule has 0 radical (unpaired) electrons. The van der Waals surface area contributed by atoms with E-state index in [-0.39, 0.29) is 52.8 Å². The van der Waals surface area contributed by atoms with Crippen molar-refractivity contribution in [2.24, 2.45) is 0 Å². The maximum absolute atomic E-state index is 8.88. The molecule has 0 aromatic heterocycles. The van der Waals surface area contributed by atoms with Gasteiger partial charge in [0, 0.05) is 6.57 Å². The minimum Gasteiger partial charge on any atom is -1.00 e. The second-order valence-corrected chi connectivity index (χ2v) is 1.54. The van der Waals surface area contributed by atoms with Crippen LogP contribution in [0.4, 0.5) is 0 Å². The van der Waals surface area contributed by atoms with Crippen molar-refractivity contribution in [2.75, 3.05) is 0 Å². The monoisotopic (exact) mass is 165 g/mol. The first-order chi connectivity index (χ1) is 3.00. The van der Waals surface area contributed by atoms with E-state index in [1.807, 2.05) is 0 Å². The quantitative estimate of drug-likeness (QED) is 0.253. The van der Waals surface area contributed by atoms with Crippen LogP contribution in [0.3, 0.4) is 0 Å². The molecule has 0 aromatic carbocycles. The molecule has 0 heterocycles. The van der Waals surface area contributed by atoms with E-state index in [9.17, 15) is 0 Å². The van der Waals surface area contributed by atoms with Crippen LogP contribution in [0, 0.1) is 11.8 Å². The third-order valence-electron chi connectivity index (χ3n) is 0. The smallest absolute Gasteiger partial charge is 1.00 e. The number of nitriles is 1. The molecule has 0 aliphatic rings. The summed E-state index contributed by atoms with van der Waals surface area (Å²) in [6.07, 6.45) is 0. The maximum Gasteiger partial charge on any atom is 1.00 e. The average Bonchev–Trinajstić information content (AvgIpc) is 1.36. The Morgan fingerprint density at radius 1 is 1.38 bits per heavy atom. The van der Waals surface area contributed by atoms with E-state index in [1.165, 1.54) is 0 Å². The largest absolute Gasteiger partial charge is 1.00 e. The Bertz CT molecular complexity index is 91.7. The summed E-state index contributed by atoms with van der Waals surface area (Å²) in [5, 5.41) is 6.50. The van der Waals surface area contributed by atoms with Crippen molar-refractivity contribution in [2.45, 2.75) is 0 Å². The molecule has 0 bridgehead atoms. The summed E-state index contributed by atoms with van der Waals surface area (Å²) in [6, 6.07) is 0. The zero-order valence-corrected chi connectivity index (χ0v) is 8.24. The summed E-state index contributed by atoms with van der Waals surface area (Å²) in [4.78, 5) is 21.6. The molecule has 0 rings (SSSR count). The Morgan fingerprint density at radius 3 is 1.38 bits per heavy atom. The van der Waals surface area contributed by atoms with Gasteiger partial charge in [-0.3, -0.25) is 0 Å². The van der Waals surface area contributed by atoms with E-state index in [4.69, 9.17) is 24.5 Å². The van der Waals surface area contributed by atoms with Crippen molar-refractivity contribution in [3.63, 3.8) is 0 Å². The summed E-state index contributed by atoms with van der Waals surface area (Å²) in [7, 11) is -4.64. The zero-order chi connectivity index (χ0) is 6.50. The van der Waals surface area contributed by atoms with E-state index >= 15 is 0 Å². The van der Waals surface area contributed by atoms with Gasteiger partial charge in [0.2, 0.25) is 0 Å². The van der Waals surface area contributed by atoms with Gasteiger partial charge in [-0.05, 0) is 0 Å². The van der Waals surface area contributed by atoms with Crippen LogP contribution in [0.15, 0.2) is 0 Å². The number of nitrogens with zero attached hydrogens (tertiary/aromatic N) is 1. The van der Waals surface area contributed by atoms with Gasteiger partial charge < -0.3 is 16.1 Å². The zero-order valence-electron chi connectivity index (χ0n) is 5.22. The van der Waals surface area contributed by atoms with Crippen molar-refractivity contribution in [1.29, 1.82) is 5.26 Å². The molecule has 0 aromatic rings. The molecule has 0 atom stereocenters. The molecule has 0 amide bonds. The Morgan fingerprint density at radius 2 is 1.38 bits per heavy atom. The molecule has 7 heteroatoms. The molecule has 3 N–H and O–H groups in total. The standard InChI is InChI=1S/CHN.K.H3O4P.H/c1-2;;1-5(2,3)4;/h1H;;(H3,1,2,3,4);/q;+1;;-1. The number of hydrogen-bond donors (Lipinski definition) is 3. The van der Waals surface area contributed by atoms with Crippen LogP contribution in [0.25, 0.3) is 0 Å². The van der Waals surface area contributed by atoms with Gasteiger partial charge in [0.05, 0.1) is 0 Å². The summed E-state index contributed by atoms with van der Waals surface area (Å²) in [6.45, 7) is 3.50. The van der Waals surface area contributed by atoms with E-state index in [1.54, 1.807) is 0 Å². The topological polar surface area (TPSA) is 102 Å². The molecule has 0 aliphatic heterocycles. The molecule has 5 nitrogen and oxygen atoms in total. The van der Waals surface area contributed by atoms with Gasteiger partial charge in [0.1, 0.15) is 0 Å². The van der Waals surface area contributed by atoms with Crippen LogP contribution in [0.2, 0.25) is 0 Å². The second-order valence-electron chi connectivity index (χ2n) is 0.513. The van der Waals surface area contributed by atoms with Gasteiger partial charge >= 0.3 is 59.2 Å². The molecule has 0 saturated carbocycles. The van der Waals surface area contributed by atoms with Crippen molar-refractivity contribution in [3.05, 3.63) is 0 Å². The molecule has 44 valence electrons. The van der Waals surface area contributed by atoms with E-state index < -0.39 is 7.82 Å². The van der Waals surface area contributed by atoms with Gasteiger partial charge in [-0.25, -0.2) is 9.83 Å². The molecular weight excluding hydrogens is 160 g/mol. The fourth-order valence-corrected chi connectivity index (χ4v) is 0. The first-order valence-corrected chi connectivity index (χ1v) is 2.61. The molecular formula is CH5KNO4P. The Labute approximate surface area is 90.5 Å². The van der Waals surface area contributed by atoms with Gasteiger partial charge in [0.25, 0.3) is 0 Å². The third kappa shape index (κ3) is 184. The third-order valence-corrected chi connectivity index (χ3v) is 0. The number of rotatable bonds is 0. The summed E-state index contributed by atoms with van der Waals surface area (Å²) < 4.78 is 8.88. The predicted octanol–water partition coefficient (Wildman–Crippen LogP) is -3.67. The maximum atomic E-state index is 8.88. The molecule has 0 fully saturated rings. The number of hydrogen-bond acceptors (Lipinski definition) is 2. The second kappa shape index (κ2) is 8.24. The van der Waals surface area contributed by atoms with Crippen LogP contribution in [-0.2, 0) is 4.57 Å². The van der Waals surface area contributed by atoms with Crippen LogP contribution >= 0.6 is 7.82 Å². The number of phosphoric acid groups is 1. The fourth-order valence-electron chi connectivity index (χ4n) is 0. The minimum absolute atomic E-state index is 0. The van der Waals surface area contributed by atoms with Crippen molar-refractivity contribution in [3.8, 4) is 6.57 Å². The SMILES string of the molecule is C#N.O=P(O)(O)O.[H-].[K+]. The molecule has 0 spiro atoms. The molecule has 0 aliphatic carbocycles. The first-order valence-electron chi connectivity index (χ1n) is 1.04. The summed E-state index contributed by atoms with van der Waals surface area (Å²) >= 11 is 0. The molecule has 0 saturated heterocycles. The van der Waals surface area contributed by atoms with Gasteiger partial charge in [0.15, 0.2) is 0 Å². The first kappa shape index (κ1) is 16.1. The van der Waals surface area contributed by atoms with Gasteiger partial charge in [-0.2, -0.15) is 0 Å².